The normalized spacial score (nSPS) is 26.3. The van der Waals surface area contributed by atoms with Crippen molar-refractivity contribution in [3.05, 3.63) is 36.2 Å². The molecule has 3 atom stereocenters. The molecule has 2 heterocycles. The van der Waals surface area contributed by atoms with Crippen molar-refractivity contribution in [1.82, 2.24) is 14.9 Å². The maximum absolute atomic E-state index is 13.2. The fraction of sp³-hybridized carbons (Fsp3) is 0.444. The summed E-state index contributed by atoms with van der Waals surface area (Å²) in [6.07, 6.45) is 7.76. The van der Waals surface area contributed by atoms with Gasteiger partial charge in [0.25, 0.3) is 5.91 Å². The zero-order valence-electron chi connectivity index (χ0n) is 13.3. The Morgan fingerprint density at radius 2 is 1.92 bits per heavy atom. The van der Waals surface area contributed by atoms with E-state index >= 15 is 0 Å². The summed E-state index contributed by atoms with van der Waals surface area (Å²) >= 11 is 0. The molecule has 0 radical (unpaired) electrons. The average molecular weight is 325 g/mol. The quantitative estimate of drug-likeness (QED) is 0.917. The Hall–Kier alpha value is -2.50. The number of aliphatic carboxylic acids is 1. The zero-order valence-corrected chi connectivity index (χ0v) is 13.3. The molecule has 3 unspecified atom stereocenters. The third-order valence-electron chi connectivity index (χ3n) is 5.34. The summed E-state index contributed by atoms with van der Waals surface area (Å²) in [5.74, 6) is -0.850. The number of benzene rings is 1. The van der Waals surface area contributed by atoms with Gasteiger partial charge in [0, 0.05) is 18.4 Å². The summed E-state index contributed by atoms with van der Waals surface area (Å²) in [5, 5.41) is 9.62. The van der Waals surface area contributed by atoms with E-state index in [0.717, 1.165) is 25.7 Å². The monoisotopic (exact) mass is 325 g/mol. The molecule has 1 amide bonds. The summed E-state index contributed by atoms with van der Waals surface area (Å²) in [4.78, 5) is 35.1. The first-order chi connectivity index (χ1) is 11.7. The molecule has 1 N–H and O–H groups in total. The van der Waals surface area contributed by atoms with E-state index in [1.54, 1.807) is 35.5 Å². The lowest BCUT2D eigenvalue weighted by atomic mass is 9.84. The summed E-state index contributed by atoms with van der Waals surface area (Å²) in [5.41, 5.74) is 1.63. The highest BCUT2D eigenvalue weighted by Gasteiger charge is 2.47. The maximum Gasteiger partial charge on any atom is 0.326 e. The number of carboxylic acids is 1. The van der Waals surface area contributed by atoms with E-state index in [2.05, 4.69) is 9.97 Å². The van der Waals surface area contributed by atoms with E-state index in [1.807, 2.05) is 0 Å². The van der Waals surface area contributed by atoms with E-state index in [1.165, 1.54) is 0 Å². The highest BCUT2D eigenvalue weighted by molar-refractivity contribution is 6.06. The molecule has 0 spiro atoms. The maximum atomic E-state index is 13.2. The molecule has 1 aromatic carbocycles. The lowest BCUT2D eigenvalue weighted by Gasteiger charge is -2.33. The minimum Gasteiger partial charge on any atom is -0.480 e. The topological polar surface area (TPSA) is 83.4 Å². The predicted octanol–water partition coefficient (Wildman–Crippen LogP) is 2.49. The molecular weight excluding hydrogens is 306 g/mol. The average Bonchev–Trinajstić information content (AvgIpc) is 3.00. The first-order valence-electron chi connectivity index (χ1n) is 8.42. The van der Waals surface area contributed by atoms with Gasteiger partial charge in [-0.25, -0.2) is 4.79 Å². The number of fused-ring (bicyclic) bond motifs is 2. The largest absolute Gasteiger partial charge is 0.480 e. The molecule has 4 rings (SSSR count). The molecule has 6 nitrogen and oxygen atoms in total. The van der Waals surface area contributed by atoms with Gasteiger partial charge in [0.2, 0.25) is 0 Å². The van der Waals surface area contributed by atoms with Crippen LogP contribution < -0.4 is 0 Å². The van der Waals surface area contributed by atoms with E-state index in [9.17, 15) is 14.7 Å². The number of para-hydroxylation sites is 1. The van der Waals surface area contributed by atoms with Gasteiger partial charge in [-0.15, -0.1) is 0 Å². The molecule has 0 bridgehead atoms. The van der Waals surface area contributed by atoms with Crippen molar-refractivity contribution >= 4 is 22.9 Å². The predicted molar refractivity (Wildman–Crippen MR) is 87.5 cm³/mol. The van der Waals surface area contributed by atoms with Crippen LogP contribution in [0.2, 0.25) is 0 Å². The van der Waals surface area contributed by atoms with E-state index < -0.39 is 12.0 Å². The lowest BCUT2D eigenvalue weighted by molar-refractivity contribution is -0.141. The number of likely N-dealkylation sites (tertiary alicyclic amines) is 1. The zero-order chi connectivity index (χ0) is 16.7. The highest BCUT2D eigenvalue weighted by atomic mass is 16.4. The van der Waals surface area contributed by atoms with Crippen molar-refractivity contribution in [2.45, 2.75) is 44.2 Å². The molecular formula is C18H19N3O3. The van der Waals surface area contributed by atoms with Crippen molar-refractivity contribution in [1.29, 1.82) is 0 Å². The standard InChI is InChI=1S/C18H19N3O3/c22-17(12-5-3-6-13-16(12)20-9-8-19-13)21-14-7-2-1-4-11(14)10-15(21)18(23)24/h3,5-6,8-9,11,14-15H,1-2,4,7,10H2,(H,23,24). The molecule has 2 fully saturated rings. The van der Waals surface area contributed by atoms with Gasteiger partial charge in [0.05, 0.1) is 11.1 Å². The molecule has 1 aliphatic carbocycles. The number of carboxylic acid groups (broad SMARTS) is 1. The Labute approximate surface area is 139 Å². The van der Waals surface area contributed by atoms with Crippen molar-refractivity contribution in [3.8, 4) is 0 Å². The first kappa shape index (κ1) is 15.1. The Balaban J connectivity index is 1.77. The number of hydrogen-bond acceptors (Lipinski definition) is 4. The number of carbonyl (C=O) groups is 2. The number of hydrogen-bond donors (Lipinski definition) is 1. The van der Waals surface area contributed by atoms with Crippen LogP contribution in [0.15, 0.2) is 30.6 Å². The Kier molecular flexibility index (Phi) is 3.67. The van der Waals surface area contributed by atoms with Crippen LogP contribution in [0.5, 0.6) is 0 Å². The fourth-order valence-corrected chi connectivity index (χ4v) is 4.28. The number of carbonyl (C=O) groups excluding carboxylic acids is 1. The SMILES string of the molecule is O=C(O)C1CC2CCCCC2N1C(=O)c1cccc2nccnc12. The van der Waals surface area contributed by atoms with Crippen molar-refractivity contribution < 1.29 is 14.7 Å². The molecule has 1 saturated carbocycles. The minimum atomic E-state index is -0.913. The molecule has 2 aliphatic rings. The van der Waals surface area contributed by atoms with Gasteiger partial charge in [-0.05, 0) is 37.3 Å². The van der Waals surface area contributed by atoms with Crippen LogP contribution >= 0.6 is 0 Å². The van der Waals surface area contributed by atoms with E-state index in [-0.39, 0.29) is 11.9 Å². The fourth-order valence-electron chi connectivity index (χ4n) is 4.28. The van der Waals surface area contributed by atoms with Crippen LogP contribution in [0.4, 0.5) is 0 Å². The van der Waals surface area contributed by atoms with Crippen molar-refractivity contribution in [2.75, 3.05) is 0 Å². The molecule has 1 aliphatic heterocycles. The van der Waals surface area contributed by atoms with Crippen LogP contribution in [-0.4, -0.2) is 43.9 Å². The second-order valence-corrected chi connectivity index (χ2v) is 6.64. The first-order valence-corrected chi connectivity index (χ1v) is 8.42. The van der Waals surface area contributed by atoms with Crippen LogP contribution in [-0.2, 0) is 4.79 Å². The number of amides is 1. The van der Waals surface area contributed by atoms with E-state index in [0.29, 0.717) is 28.9 Å². The molecule has 1 saturated heterocycles. The smallest absolute Gasteiger partial charge is 0.326 e. The summed E-state index contributed by atoms with van der Waals surface area (Å²) in [6, 6.07) is 4.58. The number of nitrogens with zero attached hydrogens (tertiary/aromatic N) is 3. The molecule has 1 aromatic heterocycles. The van der Waals surface area contributed by atoms with Gasteiger partial charge < -0.3 is 10.0 Å². The molecule has 6 heteroatoms. The molecule has 24 heavy (non-hydrogen) atoms. The summed E-state index contributed by atoms with van der Waals surface area (Å²) < 4.78 is 0. The van der Waals surface area contributed by atoms with Gasteiger partial charge in [0.1, 0.15) is 11.6 Å². The van der Waals surface area contributed by atoms with Crippen LogP contribution in [0.1, 0.15) is 42.5 Å². The number of rotatable bonds is 2. The van der Waals surface area contributed by atoms with Gasteiger partial charge in [-0.2, -0.15) is 0 Å². The van der Waals surface area contributed by atoms with Gasteiger partial charge in [-0.1, -0.05) is 18.9 Å². The van der Waals surface area contributed by atoms with Crippen molar-refractivity contribution in [3.63, 3.8) is 0 Å². The summed E-state index contributed by atoms with van der Waals surface area (Å²) in [7, 11) is 0. The van der Waals surface area contributed by atoms with Crippen molar-refractivity contribution in [2.24, 2.45) is 5.92 Å². The van der Waals surface area contributed by atoms with Gasteiger partial charge in [0.15, 0.2) is 0 Å². The Morgan fingerprint density at radius 1 is 1.12 bits per heavy atom. The third kappa shape index (κ3) is 2.33. The van der Waals surface area contributed by atoms with Crippen LogP contribution in [0, 0.1) is 5.92 Å². The molecule has 124 valence electrons. The second-order valence-electron chi connectivity index (χ2n) is 6.64. The van der Waals surface area contributed by atoms with Gasteiger partial charge >= 0.3 is 5.97 Å². The highest BCUT2D eigenvalue weighted by Crippen LogP contribution is 2.40. The van der Waals surface area contributed by atoms with Crippen LogP contribution in [0.25, 0.3) is 11.0 Å². The number of aromatic nitrogens is 2. The van der Waals surface area contributed by atoms with E-state index in [4.69, 9.17) is 0 Å². The lowest BCUT2D eigenvalue weighted by Crippen LogP contribution is -2.46. The molecule has 2 aromatic rings. The summed E-state index contributed by atoms with van der Waals surface area (Å²) in [6.45, 7) is 0. The van der Waals surface area contributed by atoms with Crippen LogP contribution in [0.3, 0.4) is 0 Å². The Morgan fingerprint density at radius 3 is 2.75 bits per heavy atom. The Bertz CT molecular complexity index is 802. The second kappa shape index (κ2) is 5.85. The minimum absolute atomic E-state index is 0.0271. The van der Waals surface area contributed by atoms with Gasteiger partial charge in [-0.3, -0.25) is 14.8 Å². The third-order valence-corrected chi connectivity index (χ3v) is 5.34.